The van der Waals surface area contributed by atoms with Gasteiger partial charge in [-0.3, -0.25) is 4.90 Å². The predicted molar refractivity (Wildman–Crippen MR) is 175 cm³/mol. The van der Waals surface area contributed by atoms with Crippen LogP contribution in [0.4, 0.5) is 10.5 Å². The number of nitrogens with two attached hydrogens (primary N) is 1. The van der Waals surface area contributed by atoms with E-state index < -0.39 is 36.1 Å². The summed E-state index contributed by atoms with van der Waals surface area (Å²) in [6, 6.07) is 13.7. The van der Waals surface area contributed by atoms with Crippen molar-refractivity contribution >= 4 is 56.9 Å². The number of primary amides is 1. The molecule has 2 atom stereocenters. The van der Waals surface area contributed by atoms with Crippen molar-refractivity contribution in [1.82, 2.24) is 0 Å². The third-order valence-corrected chi connectivity index (χ3v) is 9.69. The lowest BCUT2D eigenvalue weighted by Crippen LogP contribution is -2.40. The molecule has 1 aliphatic rings. The number of carboxylic acid groups (broad SMARTS) is 1. The molecule has 2 aromatic carbocycles. The number of benzene rings is 2. The normalized spacial score (nSPS) is 16.5. The van der Waals surface area contributed by atoms with Gasteiger partial charge < -0.3 is 25.1 Å². The van der Waals surface area contributed by atoms with Gasteiger partial charge in [0.05, 0.1) is 22.0 Å². The van der Waals surface area contributed by atoms with E-state index in [1.165, 1.54) is 7.11 Å². The maximum absolute atomic E-state index is 12.7. The first kappa shape index (κ1) is 34.0. The summed E-state index contributed by atoms with van der Waals surface area (Å²) < 4.78 is 16.5. The number of rotatable bonds is 10. The Morgan fingerprint density at radius 1 is 1.09 bits per heavy atom. The van der Waals surface area contributed by atoms with Crippen LogP contribution in [-0.2, 0) is 14.3 Å². The summed E-state index contributed by atoms with van der Waals surface area (Å²) >= 11 is 4.68. The Hall–Kier alpha value is -3.90. The molecule has 0 radical (unpaired) electrons. The molecular weight excluding hydrogens is 664 g/mol. The molecule has 12 heteroatoms. The molecule has 3 N–H and O–H groups in total. The third kappa shape index (κ3) is 8.64. The Morgan fingerprint density at radius 2 is 1.80 bits per heavy atom. The zero-order valence-electron chi connectivity index (χ0n) is 25.6. The number of carboxylic acids is 1. The Balaban J connectivity index is 1.56. The number of thiophene rings is 1. The first-order valence-electron chi connectivity index (χ1n) is 14.5. The molecule has 240 valence electrons. The second-order valence-corrected chi connectivity index (χ2v) is 13.7. The number of halogens is 1. The topological polar surface area (TPSA) is 145 Å². The van der Waals surface area contributed by atoms with Crippen LogP contribution in [0.2, 0.25) is 0 Å². The minimum absolute atomic E-state index is 0.162. The number of nitrogens with zero attached hydrogens (tertiary/aromatic N) is 1. The maximum atomic E-state index is 12.7. The average molecular weight is 702 g/mol. The molecule has 4 rings (SSSR count). The molecule has 45 heavy (non-hydrogen) atoms. The van der Waals surface area contributed by atoms with Crippen molar-refractivity contribution in [1.29, 1.82) is 0 Å². The van der Waals surface area contributed by atoms with Crippen molar-refractivity contribution < 1.29 is 38.5 Å². The number of methoxy groups -OCH3 is 1. The van der Waals surface area contributed by atoms with Gasteiger partial charge in [-0.1, -0.05) is 30.7 Å². The number of carbonyl (C=O) groups is 4. The zero-order valence-corrected chi connectivity index (χ0v) is 28.0. The Bertz CT molecular complexity index is 1560. The number of amides is 2. The molecule has 0 spiro atoms. The van der Waals surface area contributed by atoms with Gasteiger partial charge in [-0.05, 0) is 103 Å². The molecule has 2 amide bonds. The lowest BCUT2D eigenvalue weighted by Gasteiger charge is -2.33. The van der Waals surface area contributed by atoms with Crippen molar-refractivity contribution in [3.63, 3.8) is 0 Å². The molecular formula is C33H37BrN2O8S. The number of anilines is 1. The van der Waals surface area contributed by atoms with Crippen LogP contribution in [0.15, 0.2) is 53.0 Å². The van der Waals surface area contributed by atoms with E-state index in [0.717, 1.165) is 42.6 Å². The van der Waals surface area contributed by atoms with Crippen molar-refractivity contribution in [2.75, 3.05) is 25.2 Å². The van der Waals surface area contributed by atoms with Crippen LogP contribution < -0.4 is 15.4 Å². The SMILES string of the molecule is COC(=O)c1sc(-c2cccc(N(CC3CCCC(c4ccc(C(=O)O)cc4)C3)C(N)=O)c2)c(Br)c1OCC(=O)OC(C)(C)C. The monoisotopic (exact) mass is 700 g/mol. The van der Waals surface area contributed by atoms with Crippen molar-refractivity contribution in [2.24, 2.45) is 11.7 Å². The van der Waals surface area contributed by atoms with Gasteiger partial charge in [0.1, 0.15) is 5.60 Å². The first-order chi connectivity index (χ1) is 21.3. The van der Waals surface area contributed by atoms with Gasteiger partial charge in [0.2, 0.25) is 0 Å². The van der Waals surface area contributed by atoms with Crippen LogP contribution in [0.3, 0.4) is 0 Å². The van der Waals surface area contributed by atoms with Crippen LogP contribution in [0.1, 0.15) is 78.0 Å². The minimum Gasteiger partial charge on any atom is -0.479 e. The Labute approximate surface area is 274 Å². The highest BCUT2D eigenvalue weighted by molar-refractivity contribution is 9.10. The molecule has 0 bridgehead atoms. The zero-order chi connectivity index (χ0) is 32.9. The fourth-order valence-electron chi connectivity index (χ4n) is 5.49. The summed E-state index contributed by atoms with van der Waals surface area (Å²) in [5.74, 6) is -1.56. The predicted octanol–water partition coefficient (Wildman–Crippen LogP) is 7.24. The summed E-state index contributed by atoms with van der Waals surface area (Å²) in [5, 5.41) is 9.23. The van der Waals surface area contributed by atoms with Crippen LogP contribution in [0.25, 0.3) is 10.4 Å². The van der Waals surface area contributed by atoms with E-state index in [1.54, 1.807) is 43.9 Å². The fraction of sp³-hybridized carbons (Fsp3) is 0.394. The number of hydrogen-bond acceptors (Lipinski definition) is 8. The van der Waals surface area contributed by atoms with Crippen molar-refractivity contribution in [2.45, 2.75) is 58.0 Å². The van der Waals surface area contributed by atoms with Gasteiger partial charge in [-0.2, -0.15) is 0 Å². The molecule has 1 aromatic heterocycles. The van der Waals surface area contributed by atoms with Gasteiger partial charge in [0, 0.05) is 12.2 Å². The number of hydrogen-bond donors (Lipinski definition) is 2. The molecule has 1 aliphatic carbocycles. The van der Waals surface area contributed by atoms with E-state index >= 15 is 0 Å². The fourth-order valence-corrected chi connectivity index (χ4v) is 7.46. The van der Waals surface area contributed by atoms with E-state index in [-0.39, 0.29) is 28.0 Å². The van der Waals surface area contributed by atoms with Crippen LogP contribution >= 0.6 is 27.3 Å². The lowest BCUT2D eigenvalue weighted by molar-refractivity contribution is -0.157. The second kappa shape index (κ2) is 14.5. The van der Waals surface area contributed by atoms with E-state index in [9.17, 15) is 24.3 Å². The molecule has 10 nitrogen and oxygen atoms in total. The summed E-state index contributed by atoms with van der Waals surface area (Å²) in [5.41, 5.74) is 7.84. The highest BCUT2D eigenvalue weighted by Crippen LogP contribution is 2.46. The quantitative estimate of drug-likeness (QED) is 0.211. The van der Waals surface area contributed by atoms with Gasteiger partial charge in [0.15, 0.2) is 17.2 Å². The number of aromatic carboxylic acids is 1. The molecule has 0 saturated heterocycles. The third-order valence-electron chi connectivity index (χ3n) is 7.47. The summed E-state index contributed by atoms with van der Waals surface area (Å²) in [4.78, 5) is 51.3. The first-order valence-corrected chi connectivity index (χ1v) is 16.1. The van der Waals surface area contributed by atoms with E-state index in [0.29, 0.717) is 27.1 Å². The summed E-state index contributed by atoms with van der Waals surface area (Å²) in [7, 11) is 1.26. The number of carbonyl (C=O) groups excluding carboxylic acids is 3. The van der Waals surface area contributed by atoms with Gasteiger partial charge in [-0.15, -0.1) is 11.3 Å². The Kier molecular flexibility index (Phi) is 10.9. The highest BCUT2D eigenvalue weighted by Gasteiger charge is 2.29. The number of esters is 2. The van der Waals surface area contributed by atoms with Crippen molar-refractivity contribution in [3.05, 3.63) is 69.0 Å². The minimum atomic E-state index is -0.956. The highest BCUT2D eigenvalue weighted by atomic mass is 79.9. The second-order valence-electron chi connectivity index (χ2n) is 11.9. The van der Waals surface area contributed by atoms with Crippen LogP contribution in [-0.4, -0.2) is 54.9 Å². The number of urea groups is 1. The smallest absolute Gasteiger partial charge is 0.351 e. The van der Waals surface area contributed by atoms with Gasteiger partial charge in [0.25, 0.3) is 0 Å². The largest absolute Gasteiger partial charge is 0.479 e. The summed E-state index contributed by atoms with van der Waals surface area (Å²) in [6.07, 6.45) is 3.74. The van der Waals surface area contributed by atoms with Crippen molar-refractivity contribution in [3.8, 4) is 16.2 Å². The number of ether oxygens (including phenoxy) is 3. The lowest BCUT2D eigenvalue weighted by atomic mass is 9.77. The van der Waals surface area contributed by atoms with Gasteiger partial charge in [-0.25, -0.2) is 19.2 Å². The molecule has 1 saturated carbocycles. The molecule has 3 aromatic rings. The van der Waals surface area contributed by atoms with E-state index in [2.05, 4.69) is 15.9 Å². The summed E-state index contributed by atoms with van der Waals surface area (Å²) in [6.45, 7) is 5.27. The van der Waals surface area contributed by atoms with E-state index in [4.69, 9.17) is 19.9 Å². The molecule has 0 aliphatic heterocycles. The molecule has 1 heterocycles. The van der Waals surface area contributed by atoms with Crippen LogP contribution in [0.5, 0.6) is 5.75 Å². The molecule has 1 fully saturated rings. The Morgan fingerprint density at radius 3 is 2.42 bits per heavy atom. The average Bonchev–Trinajstić information content (AvgIpc) is 3.33. The van der Waals surface area contributed by atoms with E-state index in [1.807, 2.05) is 30.3 Å². The van der Waals surface area contributed by atoms with Gasteiger partial charge >= 0.3 is 23.9 Å². The maximum Gasteiger partial charge on any atom is 0.351 e. The van der Waals surface area contributed by atoms with Crippen LogP contribution in [0, 0.1) is 5.92 Å². The molecule has 2 unspecified atom stereocenters. The standard InChI is InChI=1S/C33H37BrN2O8S/c1-33(2,3)44-25(37)18-43-27-26(34)28(45-29(27)31(40)42-4)23-9-6-10-24(16-23)36(32(35)41)17-19-7-5-8-22(15-19)20-11-13-21(14-12-20)30(38)39/h6,9-14,16,19,22H,5,7-8,15,17-18H2,1-4H3,(H2,35,41)(H,38,39).